The van der Waals surface area contributed by atoms with E-state index < -0.39 is 0 Å². The number of ether oxygens (including phenoxy) is 1. The fourth-order valence-electron chi connectivity index (χ4n) is 2.95. The zero-order chi connectivity index (χ0) is 16.2. The Hall–Kier alpha value is -1.56. The minimum Gasteiger partial charge on any atom is -0.379 e. The summed E-state index contributed by atoms with van der Waals surface area (Å²) < 4.78 is 5.49. The van der Waals surface area contributed by atoms with Gasteiger partial charge in [0.1, 0.15) is 0 Å². The number of methoxy groups -OCH3 is 1. The lowest BCUT2D eigenvalue weighted by molar-refractivity contribution is 0.0183. The minimum atomic E-state index is -0.000468. The summed E-state index contributed by atoms with van der Waals surface area (Å²) in [6.45, 7) is 8.44. The van der Waals surface area contributed by atoms with E-state index in [2.05, 4.69) is 36.3 Å². The van der Waals surface area contributed by atoms with E-state index in [9.17, 15) is 4.79 Å². The molecule has 1 saturated heterocycles. The molecule has 0 saturated carbocycles. The van der Waals surface area contributed by atoms with Crippen molar-refractivity contribution in [2.45, 2.75) is 45.6 Å². The molecule has 1 aliphatic heterocycles. The van der Waals surface area contributed by atoms with Gasteiger partial charge in [0.25, 0.3) is 0 Å². The number of carbonyl (C=O) groups excluding carboxylic acids is 1. The first-order valence-electron chi connectivity index (χ1n) is 7.96. The van der Waals surface area contributed by atoms with E-state index >= 15 is 0 Å². The highest BCUT2D eigenvalue weighted by atomic mass is 16.5. The van der Waals surface area contributed by atoms with E-state index in [-0.39, 0.29) is 17.6 Å². The number of hydrogen-bond acceptors (Lipinski definition) is 3. The molecule has 0 spiro atoms. The van der Waals surface area contributed by atoms with Crippen molar-refractivity contribution in [1.29, 1.82) is 0 Å². The number of hydrogen-bond donors (Lipinski definition) is 2. The molecule has 2 amide bonds. The van der Waals surface area contributed by atoms with E-state index in [1.807, 2.05) is 17.3 Å². The van der Waals surface area contributed by atoms with Gasteiger partial charge in [0.05, 0.1) is 12.3 Å². The zero-order valence-electron chi connectivity index (χ0n) is 14.1. The largest absolute Gasteiger partial charge is 0.379 e. The van der Waals surface area contributed by atoms with Crippen molar-refractivity contribution in [3.63, 3.8) is 0 Å². The zero-order valence-corrected chi connectivity index (χ0v) is 14.1. The molecule has 0 bridgehead atoms. The summed E-state index contributed by atoms with van der Waals surface area (Å²) in [5.74, 6) is 0.374. The molecule has 6 nitrogen and oxygen atoms in total. The van der Waals surface area contributed by atoms with Gasteiger partial charge in [-0.2, -0.15) is 5.10 Å². The molecule has 0 radical (unpaired) electrons. The molecule has 0 aliphatic carbocycles. The molecule has 124 valence electrons. The maximum atomic E-state index is 12.4. The molecule has 2 heterocycles. The highest BCUT2D eigenvalue weighted by Gasteiger charge is 2.28. The Kier molecular flexibility index (Phi) is 5.45. The third-order valence-corrected chi connectivity index (χ3v) is 4.39. The van der Waals surface area contributed by atoms with Gasteiger partial charge in [-0.25, -0.2) is 4.79 Å². The summed E-state index contributed by atoms with van der Waals surface area (Å²) in [6, 6.07) is -0.000468. The van der Waals surface area contributed by atoms with Crippen LogP contribution in [-0.4, -0.2) is 54.0 Å². The standard InChI is InChI=1S/C16H28N4O2/c1-16(2,3)14(22-4)10-17-15(21)20-7-5-6-12(11-20)13-8-18-19-9-13/h8-9,12,14H,5-7,10-11H2,1-4H3,(H,17,21)(H,18,19)/t12-,14+/m1/s1. The Balaban J connectivity index is 1.87. The highest BCUT2D eigenvalue weighted by molar-refractivity contribution is 5.74. The van der Waals surface area contributed by atoms with Gasteiger partial charge in [0, 0.05) is 38.9 Å². The number of carbonyl (C=O) groups is 1. The van der Waals surface area contributed by atoms with E-state index in [1.54, 1.807) is 7.11 Å². The first kappa shape index (κ1) is 16.8. The monoisotopic (exact) mass is 308 g/mol. The molecule has 2 rings (SSSR count). The number of aromatic amines is 1. The number of amides is 2. The number of likely N-dealkylation sites (tertiary alicyclic amines) is 1. The van der Waals surface area contributed by atoms with Gasteiger partial charge in [-0.3, -0.25) is 5.10 Å². The van der Waals surface area contributed by atoms with Crippen LogP contribution >= 0.6 is 0 Å². The third-order valence-electron chi connectivity index (χ3n) is 4.39. The third kappa shape index (κ3) is 4.22. The van der Waals surface area contributed by atoms with Gasteiger partial charge in [0.15, 0.2) is 0 Å². The SMILES string of the molecule is CO[C@@H](CNC(=O)N1CCC[C@@H](c2cn[nH]c2)C1)C(C)(C)C. The van der Waals surface area contributed by atoms with Crippen molar-refractivity contribution < 1.29 is 9.53 Å². The molecule has 22 heavy (non-hydrogen) atoms. The second kappa shape index (κ2) is 7.13. The molecule has 1 aliphatic rings. The molecule has 1 aromatic rings. The second-order valence-corrected chi connectivity index (χ2v) is 7.09. The molecule has 6 heteroatoms. The topological polar surface area (TPSA) is 70.2 Å². The van der Waals surface area contributed by atoms with Gasteiger partial charge in [-0.05, 0) is 23.8 Å². The number of rotatable bonds is 4. The van der Waals surface area contributed by atoms with Gasteiger partial charge in [0.2, 0.25) is 0 Å². The Morgan fingerprint density at radius 3 is 2.95 bits per heavy atom. The smallest absolute Gasteiger partial charge is 0.317 e. The summed E-state index contributed by atoms with van der Waals surface area (Å²) in [7, 11) is 1.69. The summed E-state index contributed by atoms with van der Waals surface area (Å²) in [4.78, 5) is 14.3. The molecule has 2 atom stereocenters. The predicted octanol–water partition coefficient (Wildman–Crippen LogP) is 2.36. The Bertz CT molecular complexity index is 467. The summed E-state index contributed by atoms with van der Waals surface area (Å²) in [6.07, 6.45) is 5.91. The Morgan fingerprint density at radius 1 is 1.59 bits per heavy atom. The van der Waals surface area contributed by atoms with Crippen LogP contribution in [0.2, 0.25) is 0 Å². The van der Waals surface area contributed by atoms with Crippen molar-refractivity contribution in [3.8, 4) is 0 Å². The number of urea groups is 1. The number of nitrogens with one attached hydrogen (secondary N) is 2. The summed E-state index contributed by atoms with van der Waals surface area (Å²) in [5.41, 5.74) is 1.19. The molecular formula is C16H28N4O2. The van der Waals surface area contributed by atoms with Crippen LogP contribution in [0.1, 0.15) is 45.1 Å². The fourth-order valence-corrected chi connectivity index (χ4v) is 2.95. The molecule has 2 N–H and O–H groups in total. The normalized spacial score (nSPS) is 20.7. The van der Waals surface area contributed by atoms with Gasteiger partial charge in [-0.1, -0.05) is 20.8 Å². The van der Waals surface area contributed by atoms with Crippen molar-refractivity contribution in [3.05, 3.63) is 18.0 Å². The van der Waals surface area contributed by atoms with Crippen LogP contribution in [0.15, 0.2) is 12.4 Å². The molecule has 1 aromatic heterocycles. The number of aromatic nitrogens is 2. The van der Waals surface area contributed by atoms with Gasteiger partial charge < -0.3 is 15.0 Å². The summed E-state index contributed by atoms with van der Waals surface area (Å²) >= 11 is 0. The lowest BCUT2D eigenvalue weighted by Crippen LogP contribution is -2.48. The lowest BCUT2D eigenvalue weighted by atomic mass is 9.89. The van der Waals surface area contributed by atoms with Crippen LogP contribution in [0.25, 0.3) is 0 Å². The van der Waals surface area contributed by atoms with Crippen molar-refractivity contribution >= 4 is 6.03 Å². The van der Waals surface area contributed by atoms with Crippen LogP contribution in [-0.2, 0) is 4.74 Å². The Morgan fingerprint density at radius 2 is 2.36 bits per heavy atom. The van der Waals surface area contributed by atoms with E-state index in [0.717, 1.165) is 25.9 Å². The van der Waals surface area contributed by atoms with Gasteiger partial charge in [-0.15, -0.1) is 0 Å². The maximum Gasteiger partial charge on any atom is 0.317 e. The average molecular weight is 308 g/mol. The maximum absolute atomic E-state index is 12.4. The Labute approximate surface area is 132 Å². The van der Waals surface area contributed by atoms with Crippen LogP contribution < -0.4 is 5.32 Å². The molecule has 1 fully saturated rings. The average Bonchev–Trinajstić information content (AvgIpc) is 3.00. The second-order valence-electron chi connectivity index (χ2n) is 7.09. The lowest BCUT2D eigenvalue weighted by Gasteiger charge is -2.34. The number of piperidine rings is 1. The van der Waals surface area contributed by atoms with E-state index in [0.29, 0.717) is 12.5 Å². The minimum absolute atomic E-state index is 0.000468. The first-order chi connectivity index (χ1) is 10.4. The predicted molar refractivity (Wildman–Crippen MR) is 85.8 cm³/mol. The van der Waals surface area contributed by atoms with Crippen molar-refractivity contribution in [2.24, 2.45) is 5.41 Å². The van der Waals surface area contributed by atoms with Crippen molar-refractivity contribution in [2.75, 3.05) is 26.7 Å². The highest BCUT2D eigenvalue weighted by Crippen LogP contribution is 2.26. The van der Waals surface area contributed by atoms with Crippen LogP contribution in [0.4, 0.5) is 4.79 Å². The van der Waals surface area contributed by atoms with Crippen LogP contribution in [0.3, 0.4) is 0 Å². The number of nitrogens with zero attached hydrogens (tertiary/aromatic N) is 2. The quantitative estimate of drug-likeness (QED) is 0.897. The molecule has 0 unspecified atom stereocenters. The van der Waals surface area contributed by atoms with Crippen molar-refractivity contribution in [1.82, 2.24) is 20.4 Å². The number of H-pyrrole nitrogens is 1. The van der Waals surface area contributed by atoms with E-state index in [4.69, 9.17) is 4.74 Å². The van der Waals surface area contributed by atoms with E-state index in [1.165, 1.54) is 5.56 Å². The summed E-state index contributed by atoms with van der Waals surface area (Å²) in [5, 5.41) is 9.87. The van der Waals surface area contributed by atoms with Crippen LogP contribution in [0, 0.1) is 5.41 Å². The fraction of sp³-hybridized carbons (Fsp3) is 0.750. The first-order valence-corrected chi connectivity index (χ1v) is 7.96. The van der Waals surface area contributed by atoms with Crippen LogP contribution in [0.5, 0.6) is 0 Å². The molecular weight excluding hydrogens is 280 g/mol. The molecule has 0 aromatic carbocycles. The van der Waals surface area contributed by atoms with Gasteiger partial charge >= 0.3 is 6.03 Å².